The highest BCUT2D eigenvalue weighted by Gasteiger charge is 2.29. The van der Waals surface area contributed by atoms with Gasteiger partial charge in [-0.25, -0.2) is 9.13 Å². The van der Waals surface area contributed by atoms with Crippen LogP contribution in [0.4, 0.5) is 0 Å². The molecule has 0 saturated carbocycles. The zero-order chi connectivity index (χ0) is 72.3. The summed E-state index contributed by atoms with van der Waals surface area (Å²) in [6.45, 7) is 2.48. The zero-order valence-corrected chi connectivity index (χ0v) is 63.9. The minimum absolute atomic E-state index is 0.0905. The van der Waals surface area contributed by atoms with E-state index in [4.69, 9.17) is 32.3 Å². The number of carbonyl (C=O) groups excluding carboxylic acids is 3. The van der Waals surface area contributed by atoms with E-state index in [2.05, 4.69) is 142 Å². The van der Waals surface area contributed by atoms with E-state index in [9.17, 15) is 43.5 Å². The number of carbonyl (C=O) groups is 3. The minimum atomic E-state index is -4.93. The van der Waals surface area contributed by atoms with Crippen LogP contribution in [0, 0.1) is 0 Å². The largest absolute Gasteiger partial charge is 0.472 e. The van der Waals surface area contributed by atoms with Crippen molar-refractivity contribution in [3.63, 3.8) is 0 Å². The number of aliphatic hydroxyl groups is 2. The molecule has 0 aliphatic carbocycles. The van der Waals surface area contributed by atoms with E-state index in [1.54, 1.807) is 0 Å². The second-order valence-electron chi connectivity index (χ2n) is 25.8. The number of phosphoric ester groups is 2. The molecule has 5 atom stereocenters. The third-order valence-electron chi connectivity index (χ3n) is 16.1. The lowest BCUT2D eigenvalue weighted by molar-refractivity contribution is -0.161. The standard InChI is InChI=1S/C81H140O16P2/c1-4-7-10-13-16-19-22-24-26-28-30-31-32-33-34-35-36-37-38-39-40-41-42-43-45-47-48-50-53-55-58-61-64-67-79(84)91-70-76(82)71-93-98(87,88)94-72-77(83)73-95-99(89,90)96-75-78(97-81(86)69-66-63-60-57-52-21-18-15-12-9-6-3)74-92-80(85)68-65-62-59-56-54-51-49-46-44-29-27-25-23-20-17-14-11-8-5-2/h7,10,15-20,24-27,30-31,33-34,36-37,44,46,76-78,82-83H,4-6,8-9,11-14,21-23,28-29,32,35,38-43,45,47-75H2,1-3H3,(H,87,88)(H,89,90)/b10-7-,18-15-,19-16-,20-17-,26-24-,27-25-,31-30-,34-33-,37-36-,46-44-. The van der Waals surface area contributed by atoms with Crippen LogP contribution in [0.1, 0.15) is 316 Å². The molecule has 0 bridgehead atoms. The van der Waals surface area contributed by atoms with Crippen LogP contribution in [0.3, 0.4) is 0 Å². The summed E-state index contributed by atoms with van der Waals surface area (Å²) in [6.07, 6.45) is 87.0. The summed E-state index contributed by atoms with van der Waals surface area (Å²) in [7, 11) is -9.78. The molecular formula is C81H140O16P2. The van der Waals surface area contributed by atoms with Gasteiger partial charge in [-0.05, 0) is 128 Å². The van der Waals surface area contributed by atoms with Gasteiger partial charge in [-0.15, -0.1) is 0 Å². The molecule has 0 aliphatic heterocycles. The Kier molecular flexibility index (Phi) is 70.7. The fourth-order valence-electron chi connectivity index (χ4n) is 10.2. The number of ether oxygens (including phenoxy) is 3. The van der Waals surface area contributed by atoms with Gasteiger partial charge >= 0.3 is 33.6 Å². The number of unbranched alkanes of at least 4 members (excludes halogenated alkanes) is 30. The molecule has 0 fully saturated rings. The predicted molar refractivity (Wildman–Crippen MR) is 408 cm³/mol. The molecule has 0 saturated heterocycles. The number of hydrogen-bond donors (Lipinski definition) is 4. The van der Waals surface area contributed by atoms with Gasteiger partial charge in [0.1, 0.15) is 25.4 Å². The van der Waals surface area contributed by atoms with Gasteiger partial charge in [0.05, 0.1) is 26.4 Å². The van der Waals surface area contributed by atoms with Crippen LogP contribution in [-0.4, -0.2) is 95.9 Å². The van der Waals surface area contributed by atoms with E-state index in [1.807, 2.05) is 0 Å². The van der Waals surface area contributed by atoms with E-state index >= 15 is 0 Å². The lowest BCUT2D eigenvalue weighted by Gasteiger charge is -2.21. The monoisotopic (exact) mass is 1430 g/mol. The van der Waals surface area contributed by atoms with Crippen molar-refractivity contribution in [3.8, 4) is 0 Å². The molecule has 0 aromatic carbocycles. The lowest BCUT2D eigenvalue weighted by Crippen LogP contribution is -2.30. The van der Waals surface area contributed by atoms with Gasteiger partial charge in [0, 0.05) is 19.3 Å². The zero-order valence-electron chi connectivity index (χ0n) is 62.1. The van der Waals surface area contributed by atoms with Crippen molar-refractivity contribution in [2.24, 2.45) is 0 Å². The average molecular weight is 1430 g/mol. The molecule has 16 nitrogen and oxygen atoms in total. The maximum atomic E-state index is 12.9. The molecule has 0 heterocycles. The summed E-state index contributed by atoms with van der Waals surface area (Å²) >= 11 is 0. The Morgan fingerprint density at radius 3 is 0.889 bits per heavy atom. The summed E-state index contributed by atoms with van der Waals surface area (Å²) in [6, 6.07) is 0. The van der Waals surface area contributed by atoms with Crippen molar-refractivity contribution in [2.45, 2.75) is 334 Å². The maximum Gasteiger partial charge on any atom is 0.472 e. The highest BCUT2D eigenvalue weighted by Crippen LogP contribution is 2.45. The number of aliphatic hydroxyl groups excluding tert-OH is 2. The Balaban J connectivity index is 4.38. The summed E-state index contributed by atoms with van der Waals surface area (Å²) in [5.74, 6) is -1.60. The summed E-state index contributed by atoms with van der Waals surface area (Å²) in [5.41, 5.74) is 0. The first kappa shape index (κ1) is 94.9. The average Bonchev–Trinajstić information content (AvgIpc) is 1.28. The van der Waals surface area contributed by atoms with Gasteiger partial charge in [0.15, 0.2) is 6.10 Å². The van der Waals surface area contributed by atoms with Gasteiger partial charge in [-0.3, -0.25) is 32.5 Å². The third kappa shape index (κ3) is 74.9. The molecule has 0 radical (unpaired) electrons. The molecular weight excluding hydrogens is 1290 g/mol. The molecule has 99 heavy (non-hydrogen) atoms. The summed E-state index contributed by atoms with van der Waals surface area (Å²) in [5, 5.41) is 20.6. The quantitative estimate of drug-likeness (QED) is 0.0146. The van der Waals surface area contributed by atoms with Crippen LogP contribution in [0.25, 0.3) is 0 Å². The molecule has 0 aromatic heterocycles. The molecule has 0 aromatic rings. The smallest absolute Gasteiger partial charge is 0.463 e. The van der Waals surface area contributed by atoms with Gasteiger partial charge < -0.3 is 34.2 Å². The third-order valence-corrected chi connectivity index (χ3v) is 18.0. The first-order valence-corrected chi connectivity index (χ1v) is 41.8. The van der Waals surface area contributed by atoms with Gasteiger partial charge in [-0.2, -0.15) is 0 Å². The number of phosphoric acid groups is 2. The van der Waals surface area contributed by atoms with Crippen molar-refractivity contribution in [1.29, 1.82) is 0 Å². The van der Waals surface area contributed by atoms with Crippen molar-refractivity contribution < 1.29 is 75.8 Å². The highest BCUT2D eigenvalue weighted by molar-refractivity contribution is 7.47. The van der Waals surface area contributed by atoms with E-state index in [0.29, 0.717) is 19.3 Å². The molecule has 0 aliphatic rings. The minimum Gasteiger partial charge on any atom is -0.463 e. The summed E-state index contributed by atoms with van der Waals surface area (Å²) < 4.78 is 61.0. The fourth-order valence-corrected chi connectivity index (χ4v) is 11.8. The van der Waals surface area contributed by atoms with Crippen molar-refractivity contribution in [2.75, 3.05) is 39.6 Å². The Morgan fingerprint density at radius 1 is 0.293 bits per heavy atom. The predicted octanol–water partition coefficient (Wildman–Crippen LogP) is 22.5. The molecule has 18 heteroatoms. The van der Waals surface area contributed by atoms with E-state index in [0.717, 1.165) is 161 Å². The van der Waals surface area contributed by atoms with Crippen molar-refractivity contribution in [1.82, 2.24) is 0 Å². The lowest BCUT2D eigenvalue weighted by atomic mass is 10.0. The normalized spacial score (nSPS) is 14.7. The SMILES string of the molecule is CC/C=C\C/C=C\C/C=C\C/C=C\C/C=C\C/C=C\CCCCCCCCCCCCCCCCC(=O)OCC(O)COP(=O)(O)OCC(O)COP(=O)(O)OCC(COC(=O)CCCCCCCC/C=C\C/C=C\C/C=C\CCCCC)OC(=O)CCCCCCC/C=C\CCCC. The van der Waals surface area contributed by atoms with E-state index in [-0.39, 0.29) is 19.3 Å². The van der Waals surface area contributed by atoms with Gasteiger partial charge in [0.25, 0.3) is 0 Å². The van der Waals surface area contributed by atoms with Crippen LogP contribution < -0.4 is 0 Å². The Morgan fingerprint density at radius 2 is 0.545 bits per heavy atom. The molecule has 570 valence electrons. The number of esters is 3. The van der Waals surface area contributed by atoms with Crippen molar-refractivity contribution >= 4 is 33.6 Å². The molecule has 0 spiro atoms. The van der Waals surface area contributed by atoms with Crippen LogP contribution in [0.5, 0.6) is 0 Å². The molecule has 4 N–H and O–H groups in total. The first-order chi connectivity index (χ1) is 48.2. The Labute approximate surface area is 602 Å². The van der Waals surface area contributed by atoms with Crippen molar-refractivity contribution in [3.05, 3.63) is 122 Å². The molecule has 0 rings (SSSR count). The Bertz CT molecular complexity index is 2290. The summed E-state index contributed by atoms with van der Waals surface area (Å²) in [4.78, 5) is 58.5. The van der Waals surface area contributed by atoms with Crippen LogP contribution in [-0.2, 0) is 55.8 Å². The topological polar surface area (TPSA) is 231 Å². The second kappa shape index (κ2) is 73.7. The molecule has 0 amide bonds. The number of rotatable bonds is 73. The number of allylic oxidation sites excluding steroid dienone is 20. The fraction of sp³-hybridized carbons (Fsp3) is 0.716. The molecule has 5 unspecified atom stereocenters. The van der Waals surface area contributed by atoms with Gasteiger partial charge in [0.2, 0.25) is 0 Å². The second-order valence-corrected chi connectivity index (χ2v) is 28.7. The Hall–Kier alpha value is -4.05. The van der Waals surface area contributed by atoms with Crippen LogP contribution in [0.2, 0.25) is 0 Å². The van der Waals surface area contributed by atoms with Crippen LogP contribution in [0.15, 0.2) is 122 Å². The highest BCUT2D eigenvalue weighted by atomic mass is 31.2. The van der Waals surface area contributed by atoms with E-state index in [1.165, 1.54) is 96.3 Å². The number of hydrogen-bond acceptors (Lipinski definition) is 14. The van der Waals surface area contributed by atoms with Crippen LogP contribution >= 0.6 is 15.6 Å². The van der Waals surface area contributed by atoms with E-state index < -0.39 is 91.5 Å². The maximum absolute atomic E-state index is 12.9. The van der Waals surface area contributed by atoms with Gasteiger partial charge in [-0.1, -0.05) is 290 Å². The first-order valence-electron chi connectivity index (χ1n) is 38.8.